The van der Waals surface area contributed by atoms with Crippen LogP contribution in [0.5, 0.6) is 5.75 Å². The lowest BCUT2D eigenvalue weighted by molar-refractivity contribution is -0.116. The normalized spacial score (nSPS) is 11.4. The first kappa shape index (κ1) is 19.0. The molecule has 7 heteroatoms. The van der Waals surface area contributed by atoms with Crippen LogP contribution >= 0.6 is 0 Å². The molecule has 2 aromatic rings. The monoisotopic (exact) mass is 362 g/mol. The van der Waals surface area contributed by atoms with Gasteiger partial charge in [0, 0.05) is 12.7 Å². The highest BCUT2D eigenvalue weighted by Gasteiger charge is 2.23. The van der Waals surface area contributed by atoms with Crippen LogP contribution in [0.25, 0.3) is 0 Å². The number of sulfonamides is 1. The number of amides is 1. The van der Waals surface area contributed by atoms with Crippen molar-refractivity contribution in [2.75, 3.05) is 26.0 Å². The topological polar surface area (TPSA) is 75.7 Å². The van der Waals surface area contributed by atoms with Gasteiger partial charge in [-0.3, -0.25) is 4.79 Å². The standard InChI is InChI=1S/C18H22N2O4S/c1-13-5-6-15(11-14(13)2)19-18(21)12-20(3)25(22,23)17-9-7-16(24-4)8-10-17/h5-11H,12H2,1-4H3,(H,19,21). The van der Waals surface area contributed by atoms with Gasteiger partial charge < -0.3 is 10.1 Å². The minimum atomic E-state index is -3.75. The third-order valence-electron chi connectivity index (χ3n) is 3.92. The summed E-state index contributed by atoms with van der Waals surface area (Å²) in [6.07, 6.45) is 0. The summed E-state index contributed by atoms with van der Waals surface area (Å²) in [6, 6.07) is 11.6. The van der Waals surface area contributed by atoms with Crippen LogP contribution in [0.15, 0.2) is 47.4 Å². The first-order valence-electron chi connectivity index (χ1n) is 7.71. The van der Waals surface area contributed by atoms with Crippen molar-refractivity contribution in [2.24, 2.45) is 0 Å². The number of anilines is 1. The van der Waals surface area contributed by atoms with Gasteiger partial charge in [0.15, 0.2) is 0 Å². The second kappa shape index (κ2) is 7.67. The van der Waals surface area contributed by atoms with Crippen molar-refractivity contribution < 1.29 is 17.9 Å². The molecule has 2 aromatic carbocycles. The quantitative estimate of drug-likeness (QED) is 0.857. The average molecular weight is 362 g/mol. The van der Waals surface area contributed by atoms with Gasteiger partial charge in [-0.15, -0.1) is 0 Å². The predicted molar refractivity (Wildman–Crippen MR) is 97.4 cm³/mol. The number of nitrogens with zero attached hydrogens (tertiary/aromatic N) is 1. The van der Waals surface area contributed by atoms with E-state index in [0.29, 0.717) is 11.4 Å². The Balaban J connectivity index is 2.07. The molecular weight excluding hydrogens is 340 g/mol. The van der Waals surface area contributed by atoms with Crippen LogP contribution in [0.3, 0.4) is 0 Å². The predicted octanol–water partition coefficient (Wildman–Crippen LogP) is 2.57. The maximum absolute atomic E-state index is 12.5. The first-order valence-corrected chi connectivity index (χ1v) is 9.15. The first-order chi connectivity index (χ1) is 11.7. The Bertz CT molecular complexity index is 861. The van der Waals surface area contributed by atoms with E-state index in [2.05, 4.69) is 5.32 Å². The maximum Gasteiger partial charge on any atom is 0.243 e. The summed E-state index contributed by atoms with van der Waals surface area (Å²) in [5, 5.41) is 2.72. The highest BCUT2D eigenvalue weighted by molar-refractivity contribution is 7.89. The van der Waals surface area contributed by atoms with Crippen molar-refractivity contribution in [3.8, 4) is 5.75 Å². The van der Waals surface area contributed by atoms with Gasteiger partial charge in [-0.05, 0) is 61.4 Å². The van der Waals surface area contributed by atoms with Crippen molar-refractivity contribution >= 4 is 21.6 Å². The van der Waals surface area contributed by atoms with Crippen LogP contribution < -0.4 is 10.1 Å². The largest absolute Gasteiger partial charge is 0.497 e. The molecule has 0 spiro atoms. The molecule has 1 amide bonds. The van der Waals surface area contributed by atoms with E-state index in [9.17, 15) is 13.2 Å². The number of nitrogens with one attached hydrogen (secondary N) is 1. The third kappa shape index (κ3) is 4.58. The summed E-state index contributed by atoms with van der Waals surface area (Å²) in [7, 11) is -0.868. The molecule has 25 heavy (non-hydrogen) atoms. The van der Waals surface area contributed by atoms with Crippen LogP contribution in [0, 0.1) is 13.8 Å². The Morgan fingerprint density at radius 3 is 2.28 bits per heavy atom. The summed E-state index contributed by atoms with van der Waals surface area (Å²) >= 11 is 0. The number of carbonyl (C=O) groups excluding carboxylic acids is 1. The number of aryl methyl sites for hydroxylation is 2. The summed E-state index contributed by atoms with van der Waals surface area (Å²) < 4.78 is 31.1. The Morgan fingerprint density at radius 1 is 1.08 bits per heavy atom. The van der Waals surface area contributed by atoms with Crippen molar-refractivity contribution in [1.29, 1.82) is 0 Å². The number of methoxy groups -OCH3 is 1. The molecule has 0 heterocycles. The zero-order valence-electron chi connectivity index (χ0n) is 14.7. The van der Waals surface area contributed by atoms with Gasteiger partial charge in [-0.25, -0.2) is 8.42 Å². The Hall–Kier alpha value is -2.38. The van der Waals surface area contributed by atoms with E-state index in [4.69, 9.17) is 4.74 Å². The Labute approximate surface area is 148 Å². The fourth-order valence-corrected chi connectivity index (χ4v) is 3.36. The van der Waals surface area contributed by atoms with E-state index >= 15 is 0 Å². The number of likely N-dealkylation sites (N-methyl/N-ethyl adjacent to an activating group) is 1. The third-order valence-corrected chi connectivity index (χ3v) is 5.74. The minimum absolute atomic E-state index is 0.106. The van der Waals surface area contributed by atoms with Crippen LogP contribution in [0.1, 0.15) is 11.1 Å². The number of benzene rings is 2. The van der Waals surface area contributed by atoms with Gasteiger partial charge in [-0.1, -0.05) is 6.07 Å². The number of hydrogen-bond donors (Lipinski definition) is 1. The maximum atomic E-state index is 12.5. The van der Waals surface area contributed by atoms with Gasteiger partial charge >= 0.3 is 0 Å². The molecule has 2 rings (SSSR count). The zero-order chi connectivity index (χ0) is 18.6. The highest BCUT2D eigenvalue weighted by atomic mass is 32.2. The molecule has 6 nitrogen and oxygen atoms in total. The molecule has 0 saturated heterocycles. The minimum Gasteiger partial charge on any atom is -0.497 e. The fourth-order valence-electron chi connectivity index (χ4n) is 2.23. The number of carbonyl (C=O) groups is 1. The van der Waals surface area contributed by atoms with Gasteiger partial charge in [0.25, 0.3) is 0 Å². The number of rotatable bonds is 6. The average Bonchev–Trinajstić information content (AvgIpc) is 2.58. The van der Waals surface area contributed by atoms with Crippen molar-refractivity contribution in [3.63, 3.8) is 0 Å². The molecule has 0 fully saturated rings. The second-order valence-electron chi connectivity index (χ2n) is 5.78. The summed E-state index contributed by atoms with van der Waals surface area (Å²) in [5.74, 6) is 0.164. The van der Waals surface area contributed by atoms with Crippen LogP contribution in [-0.2, 0) is 14.8 Å². The van der Waals surface area contributed by atoms with E-state index in [1.165, 1.54) is 26.3 Å². The lowest BCUT2D eigenvalue weighted by Crippen LogP contribution is -2.34. The molecular formula is C18H22N2O4S. The molecule has 0 bridgehead atoms. The van der Waals surface area contributed by atoms with Gasteiger partial charge in [-0.2, -0.15) is 4.31 Å². The summed E-state index contributed by atoms with van der Waals surface area (Å²) in [4.78, 5) is 12.3. The molecule has 0 aliphatic rings. The highest BCUT2D eigenvalue weighted by Crippen LogP contribution is 2.19. The smallest absolute Gasteiger partial charge is 0.243 e. The van der Waals surface area contributed by atoms with Gasteiger partial charge in [0.1, 0.15) is 5.75 Å². The van der Waals surface area contributed by atoms with Crippen LogP contribution in [-0.4, -0.2) is 39.3 Å². The second-order valence-corrected chi connectivity index (χ2v) is 7.83. The molecule has 134 valence electrons. The SMILES string of the molecule is COc1ccc(S(=O)(=O)N(C)CC(=O)Nc2ccc(C)c(C)c2)cc1. The Kier molecular flexibility index (Phi) is 5.81. The van der Waals surface area contributed by atoms with E-state index in [1.807, 2.05) is 26.0 Å². The van der Waals surface area contributed by atoms with Crippen molar-refractivity contribution in [3.05, 3.63) is 53.6 Å². The molecule has 0 aliphatic carbocycles. The van der Waals surface area contributed by atoms with E-state index in [1.54, 1.807) is 18.2 Å². The fraction of sp³-hybridized carbons (Fsp3) is 0.278. The van der Waals surface area contributed by atoms with Gasteiger partial charge in [0.05, 0.1) is 18.6 Å². The van der Waals surface area contributed by atoms with Crippen molar-refractivity contribution in [1.82, 2.24) is 4.31 Å². The lowest BCUT2D eigenvalue weighted by Gasteiger charge is -2.17. The molecule has 0 unspecified atom stereocenters. The van der Waals surface area contributed by atoms with Crippen LogP contribution in [0.4, 0.5) is 5.69 Å². The lowest BCUT2D eigenvalue weighted by atomic mass is 10.1. The van der Waals surface area contributed by atoms with E-state index in [-0.39, 0.29) is 11.4 Å². The van der Waals surface area contributed by atoms with E-state index in [0.717, 1.165) is 15.4 Å². The Morgan fingerprint density at radius 2 is 1.72 bits per heavy atom. The molecule has 1 N–H and O–H groups in total. The number of hydrogen-bond acceptors (Lipinski definition) is 4. The summed E-state index contributed by atoms with van der Waals surface area (Å²) in [6.45, 7) is 3.66. The molecule has 0 saturated carbocycles. The van der Waals surface area contributed by atoms with Crippen molar-refractivity contribution in [2.45, 2.75) is 18.7 Å². The van der Waals surface area contributed by atoms with Crippen LogP contribution in [0.2, 0.25) is 0 Å². The summed E-state index contributed by atoms with van der Waals surface area (Å²) in [5.41, 5.74) is 2.82. The molecule has 0 aliphatic heterocycles. The van der Waals surface area contributed by atoms with E-state index < -0.39 is 15.9 Å². The van der Waals surface area contributed by atoms with Gasteiger partial charge in [0.2, 0.25) is 15.9 Å². The zero-order valence-corrected chi connectivity index (χ0v) is 15.6. The number of ether oxygens (including phenoxy) is 1. The molecule has 0 radical (unpaired) electrons. The molecule has 0 atom stereocenters. The molecule has 0 aromatic heterocycles.